The molecule has 0 N–H and O–H groups in total. The average Bonchev–Trinajstić information content (AvgIpc) is 3.03. The molecule has 2 aromatic heterocycles. The van der Waals surface area contributed by atoms with E-state index in [0.29, 0.717) is 18.9 Å². The van der Waals surface area contributed by atoms with Crippen LogP contribution >= 0.6 is 0 Å². The number of fused-ring (bicyclic) bond motifs is 1. The highest BCUT2D eigenvalue weighted by Crippen LogP contribution is 2.23. The number of aromatic nitrogens is 4. The molecule has 1 saturated heterocycles. The van der Waals surface area contributed by atoms with Crippen molar-refractivity contribution >= 4 is 17.6 Å². The van der Waals surface area contributed by atoms with Crippen LogP contribution in [0.25, 0.3) is 5.65 Å². The molecule has 27 heavy (non-hydrogen) atoms. The fourth-order valence-corrected chi connectivity index (χ4v) is 3.07. The first-order valence-corrected chi connectivity index (χ1v) is 8.87. The van der Waals surface area contributed by atoms with Crippen molar-refractivity contribution in [3.8, 4) is 0 Å². The molecule has 8 nitrogen and oxygen atoms in total. The van der Waals surface area contributed by atoms with E-state index in [2.05, 4.69) is 15.3 Å². The summed E-state index contributed by atoms with van der Waals surface area (Å²) in [6, 6.07) is 3.49. The van der Waals surface area contributed by atoms with Crippen LogP contribution in [0.4, 0.5) is 19.4 Å². The lowest BCUT2D eigenvalue weighted by Gasteiger charge is -2.37. The molecule has 3 rings (SSSR count). The summed E-state index contributed by atoms with van der Waals surface area (Å²) in [5.41, 5.74) is -0.243. The third-order valence-corrected chi connectivity index (χ3v) is 4.49. The first-order valence-electron chi connectivity index (χ1n) is 8.87. The van der Waals surface area contributed by atoms with E-state index in [9.17, 15) is 13.6 Å². The summed E-state index contributed by atoms with van der Waals surface area (Å²) in [6.07, 6.45) is -1.59. The molecule has 1 amide bonds. The first kappa shape index (κ1) is 19.2. The molecular weight excluding hydrogens is 358 g/mol. The molecule has 1 aliphatic rings. The van der Waals surface area contributed by atoms with Crippen LogP contribution in [0.3, 0.4) is 0 Å². The highest BCUT2D eigenvalue weighted by atomic mass is 19.3. The van der Waals surface area contributed by atoms with Gasteiger partial charge in [0.2, 0.25) is 5.82 Å². The van der Waals surface area contributed by atoms with Crippen LogP contribution in [0.1, 0.15) is 45.9 Å². The van der Waals surface area contributed by atoms with Crippen molar-refractivity contribution in [1.29, 1.82) is 0 Å². The third-order valence-electron chi connectivity index (χ3n) is 4.49. The van der Waals surface area contributed by atoms with E-state index >= 15 is 0 Å². The second kappa shape index (κ2) is 7.24. The van der Waals surface area contributed by atoms with Gasteiger partial charge in [0.05, 0.1) is 0 Å². The zero-order chi connectivity index (χ0) is 19.8. The Morgan fingerprint density at radius 3 is 2.52 bits per heavy atom. The van der Waals surface area contributed by atoms with Gasteiger partial charge in [-0.2, -0.15) is 4.52 Å². The van der Waals surface area contributed by atoms with Gasteiger partial charge < -0.3 is 14.5 Å². The SMILES string of the molecule is CN(c1ccc2nnc(C(F)F)n2n1)C1CCN(C(=O)OC(C)(C)C)CC1. The molecule has 0 saturated carbocycles. The van der Waals surface area contributed by atoms with Crippen molar-refractivity contribution in [3.63, 3.8) is 0 Å². The lowest BCUT2D eigenvalue weighted by Crippen LogP contribution is -2.47. The average molecular weight is 382 g/mol. The predicted molar refractivity (Wildman–Crippen MR) is 95.0 cm³/mol. The number of hydrogen-bond acceptors (Lipinski definition) is 6. The summed E-state index contributed by atoms with van der Waals surface area (Å²) in [6.45, 7) is 6.66. The standard InChI is InChI=1S/C17H24F2N6O2/c1-17(2,3)27-16(26)24-9-7-11(8-10-24)23(4)13-6-5-12-20-21-15(14(18)19)25(12)22-13/h5-6,11,14H,7-10H2,1-4H3. The van der Waals surface area contributed by atoms with Crippen LogP contribution in [-0.4, -0.2) is 62.6 Å². The van der Waals surface area contributed by atoms with E-state index in [-0.39, 0.29) is 17.8 Å². The molecular formula is C17H24F2N6O2. The number of likely N-dealkylation sites (tertiary alicyclic amines) is 1. The zero-order valence-electron chi connectivity index (χ0n) is 15.9. The molecule has 0 aromatic carbocycles. The summed E-state index contributed by atoms with van der Waals surface area (Å²) in [7, 11) is 1.87. The topological polar surface area (TPSA) is 75.9 Å². The summed E-state index contributed by atoms with van der Waals surface area (Å²) in [5.74, 6) is 0.0833. The molecule has 1 fully saturated rings. The summed E-state index contributed by atoms with van der Waals surface area (Å²) in [5, 5.41) is 11.5. The van der Waals surface area contributed by atoms with Crippen molar-refractivity contribution in [2.45, 2.75) is 51.7 Å². The number of alkyl halides is 2. The number of rotatable bonds is 3. The van der Waals surface area contributed by atoms with Crippen molar-refractivity contribution in [2.75, 3.05) is 25.0 Å². The van der Waals surface area contributed by atoms with Crippen molar-refractivity contribution < 1.29 is 18.3 Å². The maximum Gasteiger partial charge on any atom is 0.410 e. The predicted octanol–water partition coefficient (Wildman–Crippen LogP) is 2.90. The number of hydrogen-bond donors (Lipinski definition) is 0. The Morgan fingerprint density at radius 1 is 1.26 bits per heavy atom. The minimum Gasteiger partial charge on any atom is -0.444 e. The molecule has 2 aromatic rings. The largest absolute Gasteiger partial charge is 0.444 e. The number of nitrogens with zero attached hydrogens (tertiary/aromatic N) is 6. The highest BCUT2D eigenvalue weighted by molar-refractivity contribution is 5.68. The van der Waals surface area contributed by atoms with Crippen molar-refractivity contribution in [3.05, 3.63) is 18.0 Å². The fraction of sp³-hybridized carbons (Fsp3) is 0.647. The van der Waals surface area contributed by atoms with E-state index in [1.54, 1.807) is 17.0 Å². The van der Waals surface area contributed by atoms with Gasteiger partial charge in [0.1, 0.15) is 11.4 Å². The lowest BCUT2D eigenvalue weighted by atomic mass is 10.0. The Kier molecular flexibility index (Phi) is 5.16. The fourth-order valence-electron chi connectivity index (χ4n) is 3.07. The Hall–Kier alpha value is -2.52. The zero-order valence-corrected chi connectivity index (χ0v) is 15.9. The smallest absolute Gasteiger partial charge is 0.410 e. The molecule has 10 heteroatoms. The number of halogens is 2. The summed E-state index contributed by atoms with van der Waals surface area (Å²) in [4.78, 5) is 15.8. The first-order chi connectivity index (χ1) is 12.7. The minimum absolute atomic E-state index is 0.139. The molecule has 0 radical (unpaired) electrons. The van der Waals surface area contributed by atoms with Gasteiger partial charge in [-0.05, 0) is 45.7 Å². The van der Waals surface area contributed by atoms with Gasteiger partial charge in [-0.25, -0.2) is 13.6 Å². The normalized spacial score (nSPS) is 16.2. The quantitative estimate of drug-likeness (QED) is 0.813. The maximum atomic E-state index is 13.0. The molecule has 0 bridgehead atoms. The van der Waals surface area contributed by atoms with E-state index in [1.807, 2.05) is 32.7 Å². The molecule has 0 aliphatic carbocycles. The van der Waals surface area contributed by atoms with Crippen LogP contribution in [0, 0.1) is 0 Å². The van der Waals surface area contributed by atoms with Crippen molar-refractivity contribution in [1.82, 2.24) is 24.7 Å². The van der Waals surface area contributed by atoms with Crippen LogP contribution in [0.15, 0.2) is 12.1 Å². The van der Waals surface area contributed by atoms with Crippen LogP contribution in [-0.2, 0) is 4.74 Å². The van der Waals surface area contributed by atoms with Crippen LogP contribution in [0.2, 0.25) is 0 Å². The van der Waals surface area contributed by atoms with Gasteiger partial charge in [-0.1, -0.05) is 0 Å². The van der Waals surface area contributed by atoms with Gasteiger partial charge >= 0.3 is 6.09 Å². The number of amides is 1. The number of carbonyl (C=O) groups is 1. The van der Waals surface area contributed by atoms with E-state index in [0.717, 1.165) is 17.4 Å². The second-order valence-electron chi connectivity index (χ2n) is 7.63. The lowest BCUT2D eigenvalue weighted by molar-refractivity contribution is 0.0205. The highest BCUT2D eigenvalue weighted by Gasteiger charge is 2.29. The molecule has 0 atom stereocenters. The van der Waals surface area contributed by atoms with Crippen LogP contribution in [0.5, 0.6) is 0 Å². The Morgan fingerprint density at radius 2 is 1.93 bits per heavy atom. The number of carbonyl (C=O) groups excluding carboxylic acids is 1. The minimum atomic E-state index is -2.75. The second-order valence-corrected chi connectivity index (χ2v) is 7.63. The Labute approximate surface area is 156 Å². The molecule has 1 aliphatic heterocycles. The van der Waals surface area contributed by atoms with E-state index in [1.165, 1.54) is 0 Å². The number of ether oxygens (including phenoxy) is 1. The van der Waals surface area contributed by atoms with Gasteiger partial charge in [0.25, 0.3) is 6.43 Å². The number of anilines is 1. The summed E-state index contributed by atoms with van der Waals surface area (Å²) < 4.78 is 32.5. The number of piperidine rings is 1. The molecule has 0 unspecified atom stereocenters. The molecule has 148 valence electrons. The monoisotopic (exact) mass is 382 g/mol. The molecule has 3 heterocycles. The van der Waals surface area contributed by atoms with E-state index < -0.39 is 17.9 Å². The van der Waals surface area contributed by atoms with Crippen molar-refractivity contribution in [2.24, 2.45) is 0 Å². The Balaban J connectivity index is 1.67. The third kappa shape index (κ3) is 4.25. The summed E-state index contributed by atoms with van der Waals surface area (Å²) >= 11 is 0. The molecule has 0 spiro atoms. The van der Waals surface area contributed by atoms with Gasteiger partial charge in [-0.15, -0.1) is 15.3 Å². The van der Waals surface area contributed by atoms with E-state index in [4.69, 9.17) is 4.74 Å². The van der Waals surface area contributed by atoms with Gasteiger partial charge in [0, 0.05) is 26.2 Å². The van der Waals surface area contributed by atoms with Gasteiger partial charge in [-0.3, -0.25) is 0 Å². The Bertz CT molecular complexity index is 811. The van der Waals surface area contributed by atoms with Crippen LogP contribution < -0.4 is 4.90 Å². The maximum absolute atomic E-state index is 13.0. The van der Waals surface area contributed by atoms with Gasteiger partial charge in [0.15, 0.2) is 5.65 Å².